The summed E-state index contributed by atoms with van der Waals surface area (Å²) in [5.74, 6) is 0.713. The zero-order chi connectivity index (χ0) is 13.7. The fourth-order valence-electron chi connectivity index (χ4n) is 2.84. The number of halogens is 1. The van der Waals surface area contributed by atoms with Crippen LogP contribution in [0.4, 0.5) is 4.39 Å². The first kappa shape index (κ1) is 14.5. The lowest BCUT2D eigenvalue weighted by molar-refractivity contribution is 0.177. The number of nitrogens with two attached hydrogens (primary N) is 1. The molecule has 0 spiro atoms. The maximum atomic E-state index is 13.1. The monoisotopic (exact) mass is 264 g/mol. The van der Waals surface area contributed by atoms with Gasteiger partial charge in [0.15, 0.2) is 0 Å². The van der Waals surface area contributed by atoms with E-state index in [9.17, 15) is 4.39 Å². The zero-order valence-corrected chi connectivity index (χ0v) is 11.8. The van der Waals surface area contributed by atoms with E-state index in [1.807, 2.05) is 6.07 Å². The predicted molar refractivity (Wildman–Crippen MR) is 77.4 cm³/mol. The predicted octanol–water partition coefficient (Wildman–Crippen LogP) is 3.34. The molecule has 1 aromatic rings. The van der Waals surface area contributed by atoms with E-state index in [0.717, 1.165) is 24.4 Å². The Bertz CT molecular complexity index is 386. The second kappa shape index (κ2) is 7.01. The number of piperidine rings is 1. The lowest BCUT2D eigenvalue weighted by atomic mass is 9.94. The fourth-order valence-corrected chi connectivity index (χ4v) is 2.84. The van der Waals surface area contributed by atoms with E-state index in [4.69, 9.17) is 5.73 Å². The second-order valence-corrected chi connectivity index (χ2v) is 5.64. The van der Waals surface area contributed by atoms with E-state index < -0.39 is 0 Å². The minimum atomic E-state index is -0.197. The van der Waals surface area contributed by atoms with E-state index in [0.29, 0.717) is 0 Å². The maximum absolute atomic E-state index is 13.1. The summed E-state index contributed by atoms with van der Waals surface area (Å²) in [6, 6.07) is 6.60. The Morgan fingerprint density at radius 2 is 2.11 bits per heavy atom. The van der Waals surface area contributed by atoms with Crippen molar-refractivity contribution in [1.29, 1.82) is 0 Å². The van der Waals surface area contributed by atoms with E-state index >= 15 is 0 Å². The van der Waals surface area contributed by atoms with Gasteiger partial charge in [0.2, 0.25) is 0 Å². The molecular weight excluding hydrogens is 239 g/mol. The molecule has 0 saturated carbocycles. The quantitative estimate of drug-likeness (QED) is 0.884. The van der Waals surface area contributed by atoms with Crippen molar-refractivity contribution in [3.63, 3.8) is 0 Å². The summed E-state index contributed by atoms with van der Waals surface area (Å²) < 4.78 is 13.1. The van der Waals surface area contributed by atoms with Crippen molar-refractivity contribution in [2.45, 2.75) is 38.6 Å². The van der Waals surface area contributed by atoms with Gasteiger partial charge in [-0.25, -0.2) is 4.39 Å². The van der Waals surface area contributed by atoms with Crippen LogP contribution in [-0.2, 0) is 0 Å². The summed E-state index contributed by atoms with van der Waals surface area (Å²) in [4.78, 5) is 2.49. The van der Waals surface area contributed by atoms with Crippen molar-refractivity contribution in [3.8, 4) is 0 Å². The first-order valence-corrected chi connectivity index (χ1v) is 7.42. The summed E-state index contributed by atoms with van der Waals surface area (Å²) in [5, 5.41) is 0. The number of hydrogen-bond donors (Lipinski definition) is 1. The molecule has 0 bridgehead atoms. The molecule has 19 heavy (non-hydrogen) atoms. The molecule has 106 valence electrons. The molecule has 1 aromatic carbocycles. The number of nitrogens with zero attached hydrogens (tertiary/aromatic N) is 1. The third-order valence-corrected chi connectivity index (χ3v) is 4.32. The largest absolute Gasteiger partial charge is 0.324 e. The Labute approximate surface area is 115 Å². The molecule has 2 N–H and O–H groups in total. The summed E-state index contributed by atoms with van der Waals surface area (Å²) in [5.41, 5.74) is 7.05. The smallest absolute Gasteiger partial charge is 0.123 e. The number of hydrogen-bond acceptors (Lipinski definition) is 2. The van der Waals surface area contributed by atoms with Crippen molar-refractivity contribution < 1.29 is 4.39 Å². The van der Waals surface area contributed by atoms with Gasteiger partial charge in [-0.1, -0.05) is 25.5 Å². The van der Waals surface area contributed by atoms with Crippen molar-refractivity contribution in [3.05, 3.63) is 35.6 Å². The van der Waals surface area contributed by atoms with E-state index in [1.165, 1.54) is 38.4 Å². The third-order valence-electron chi connectivity index (χ3n) is 4.32. The van der Waals surface area contributed by atoms with Crippen LogP contribution in [0.1, 0.15) is 44.2 Å². The highest BCUT2D eigenvalue weighted by molar-refractivity contribution is 5.19. The summed E-state index contributed by atoms with van der Waals surface area (Å²) in [6.45, 7) is 5.68. The van der Waals surface area contributed by atoms with Gasteiger partial charge in [0, 0.05) is 6.04 Å². The van der Waals surface area contributed by atoms with Gasteiger partial charge >= 0.3 is 0 Å². The molecule has 0 amide bonds. The molecule has 0 aromatic heterocycles. The van der Waals surface area contributed by atoms with Gasteiger partial charge in [-0.3, -0.25) is 0 Å². The lowest BCUT2D eigenvalue weighted by Crippen LogP contribution is -2.35. The van der Waals surface area contributed by atoms with Crippen LogP contribution in [0.15, 0.2) is 24.3 Å². The van der Waals surface area contributed by atoms with Crippen LogP contribution in [0.25, 0.3) is 0 Å². The first-order valence-electron chi connectivity index (χ1n) is 7.42. The SMILES string of the molecule is CCC1CCN(CCC(N)c2cccc(F)c2)CC1. The molecule has 1 aliphatic rings. The van der Waals surface area contributed by atoms with Crippen molar-refractivity contribution >= 4 is 0 Å². The molecule has 1 atom stereocenters. The standard InChI is InChI=1S/C16H25FN2/c1-2-13-6-9-19(10-7-13)11-8-16(18)14-4-3-5-15(17)12-14/h3-5,12-13,16H,2,6-11,18H2,1H3. The van der Waals surface area contributed by atoms with Gasteiger partial charge in [0.05, 0.1) is 0 Å². The first-order chi connectivity index (χ1) is 9.19. The average molecular weight is 264 g/mol. The van der Waals surface area contributed by atoms with Gasteiger partial charge in [-0.15, -0.1) is 0 Å². The number of rotatable bonds is 5. The van der Waals surface area contributed by atoms with Crippen LogP contribution in [0, 0.1) is 11.7 Å². The van der Waals surface area contributed by atoms with E-state index in [1.54, 1.807) is 12.1 Å². The molecule has 3 heteroatoms. The minimum Gasteiger partial charge on any atom is -0.324 e. The van der Waals surface area contributed by atoms with Gasteiger partial charge in [0.25, 0.3) is 0 Å². The van der Waals surface area contributed by atoms with Crippen LogP contribution in [0.5, 0.6) is 0 Å². The highest BCUT2D eigenvalue weighted by atomic mass is 19.1. The Kier molecular flexibility index (Phi) is 5.34. The minimum absolute atomic E-state index is 0.0559. The van der Waals surface area contributed by atoms with Gasteiger partial charge in [0.1, 0.15) is 5.82 Å². The Hall–Kier alpha value is -0.930. The van der Waals surface area contributed by atoms with E-state index in [-0.39, 0.29) is 11.9 Å². The topological polar surface area (TPSA) is 29.3 Å². The Morgan fingerprint density at radius 1 is 1.37 bits per heavy atom. The molecule has 1 unspecified atom stereocenters. The molecular formula is C16H25FN2. The molecule has 1 saturated heterocycles. The molecule has 2 rings (SSSR count). The van der Waals surface area contributed by atoms with Gasteiger partial charge in [-0.05, 0) is 62.5 Å². The fraction of sp³-hybridized carbons (Fsp3) is 0.625. The van der Waals surface area contributed by atoms with E-state index in [2.05, 4.69) is 11.8 Å². The molecule has 1 aliphatic heterocycles. The highest BCUT2D eigenvalue weighted by Gasteiger charge is 2.18. The van der Waals surface area contributed by atoms with Crippen LogP contribution in [0.3, 0.4) is 0 Å². The summed E-state index contributed by atoms with van der Waals surface area (Å²) in [7, 11) is 0. The maximum Gasteiger partial charge on any atom is 0.123 e. The molecule has 2 nitrogen and oxygen atoms in total. The third kappa shape index (κ3) is 4.29. The van der Waals surface area contributed by atoms with Crippen LogP contribution >= 0.6 is 0 Å². The van der Waals surface area contributed by atoms with Crippen molar-refractivity contribution in [2.75, 3.05) is 19.6 Å². The second-order valence-electron chi connectivity index (χ2n) is 5.64. The number of benzene rings is 1. The summed E-state index contributed by atoms with van der Waals surface area (Å²) >= 11 is 0. The highest BCUT2D eigenvalue weighted by Crippen LogP contribution is 2.21. The van der Waals surface area contributed by atoms with Crippen molar-refractivity contribution in [2.24, 2.45) is 11.7 Å². The van der Waals surface area contributed by atoms with Crippen LogP contribution < -0.4 is 5.73 Å². The van der Waals surface area contributed by atoms with Crippen LogP contribution in [-0.4, -0.2) is 24.5 Å². The van der Waals surface area contributed by atoms with Crippen LogP contribution in [0.2, 0.25) is 0 Å². The Morgan fingerprint density at radius 3 is 2.74 bits per heavy atom. The lowest BCUT2D eigenvalue weighted by Gasteiger charge is -2.32. The molecule has 1 heterocycles. The number of likely N-dealkylation sites (tertiary alicyclic amines) is 1. The van der Waals surface area contributed by atoms with Gasteiger partial charge < -0.3 is 10.6 Å². The average Bonchev–Trinajstić information content (AvgIpc) is 2.45. The molecule has 1 fully saturated rings. The summed E-state index contributed by atoms with van der Waals surface area (Å²) in [6.07, 6.45) is 4.83. The van der Waals surface area contributed by atoms with Crippen molar-refractivity contribution in [1.82, 2.24) is 4.90 Å². The molecule has 0 radical (unpaired) electrons. The van der Waals surface area contributed by atoms with Gasteiger partial charge in [-0.2, -0.15) is 0 Å². The molecule has 0 aliphatic carbocycles. The normalized spacial score (nSPS) is 19.5. The Balaban J connectivity index is 1.76. The zero-order valence-electron chi connectivity index (χ0n) is 11.8.